The van der Waals surface area contributed by atoms with Crippen LogP contribution in [-0.2, 0) is 16.2 Å². The average molecular weight is 415 g/mol. The van der Waals surface area contributed by atoms with E-state index in [0.717, 1.165) is 36.4 Å². The number of halogens is 3. The monoisotopic (exact) mass is 413 g/mol. The smallest absolute Gasteiger partial charge is 0.255 e. The molecule has 0 bridgehead atoms. The standard InChI is InChI=1S/C16H10BrClFNO2S/c1-8-6-12-15(23-16(17)20-12)14(11(8)7-13(21)22-19)9-2-4-10(18)5-3-9/h2-6H,7H2,1H3. The van der Waals surface area contributed by atoms with Crippen LogP contribution < -0.4 is 0 Å². The first-order valence-corrected chi connectivity index (χ1v) is 8.64. The number of benzene rings is 2. The Morgan fingerprint density at radius 2 is 2.09 bits per heavy atom. The van der Waals surface area contributed by atoms with Gasteiger partial charge in [-0.25, -0.2) is 9.78 Å². The van der Waals surface area contributed by atoms with Crippen molar-refractivity contribution in [1.29, 1.82) is 0 Å². The van der Waals surface area contributed by atoms with Crippen molar-refractivity contribution in [2.75, 3.05) is 0 Å². The molecule has 0 radical (unpaired) electrons. The van der Waals surface area contributed by atoms with E-state index in [9.17, 15) is 9.32 Å². The Hall–Kier alpha value is -1.50. The summed E-state index contributed by atoms with van der Waals surface area (Å²) in [5.41, 5.74) is 4.14. The van der Waals surface area contributed by atoms with E-state index in [1.54, 1.807) is 12.1 Å². The van der Waals surface area contributed by atoms with Crippen molar-refractivity contribution in [3.63, 3.8) is 0 Å². The molecule has 0 unspecified atom stereocenters. The molecule has 0 N–H and O–H groups in total. The maximum atomic E-state index is 12.2. The largest absolute Gasteiger partial charge is 0.353 e. The van der Waals surface area contributed by atoms with Gasteiger partial charge in [-0.15, -0.1) is 11.3 Å². The molecule has 3 nitrogen and oxygen atoms in total. The van der Waals surface area contributed by atoms with Crippen LogP contribution in [0.2, 0.25) is 5.02 Å². The maximum absolute atomic E-state index is 12.2. The predicted octanol–water partition coefficient (Wildman–Crippen LogP) is 5.66. The minimum atomic E-state index is -0.925. The summed E-state index contributed by atoms with van der Waals surface area (Å²) >= 11 is 10.8. The third-order valence-corrected chi connectivity index (χ3v) is 5.32. The summed E-state index contributed by atoms with van der Waals surface area (Å²) in [4.78, 5) is 19.3. The predicted molar refractivity (Wildman–Crippen MR) is 93.4 cm³/mol. The Balaban J connectivity index is 2.31. The van der Waals surface area contributed by atoms with Crippen LogP contribution in [0.1, 0.15) is 11.1 Å². The van der Waals surface area contributed by atoms with E-state index in [2.05, 4.69) is 25.9 Å². The Bertz CT molecular complexity index is 895. The number of nitrogens with zero attached hydrogens (tertiary/aromatic N) is 1. The molecule has 0 amide bonds. The van der Waals surface area contributed by atoms with E-state index < -0.39 is 5.97 Å². The second-order valence-corrected chi connectivity index (χ2v) is 7.71. The van der Waals surface area contributed by atoms with E-state index >= 15 is 0 Å². The van der Waals surface area contributed by atoms with Gasteiger partial charge in [0.25, 0.3) is 0 Å². The molecule has 3 rings (SSSR count). The molecule has 0 aliphatic carbocycles. The zero-order valence-corrected chi connectivity index (χ0v) is 15.1. The van der Waals surface area contributed by atoms with Crippen molar-refractivity contribution in [2.45, 2.75) is 13.3 Å². The lowest BCUT2D eigenvalue weighted by Gasteiger charge is -2.13. The molecule has 0 saturated carbocycles. The number of carbonyl (C=O) groups excluding carboxylic acids is 1. The number of rotatable bonds is 3. The van der Waals surface area contributed by atoms with Gasteiger partial charge >= 0.3 is 5.97 Å². The fourth-order valence-corrected chi connectivity index (χ4v) is 4.20. The summed E-state index contributed by atoms with van der Waals surface area (Å²) in [6.45, 7) is 1.87. The van der Waals surface area contributed by atoms with Gasteiger partial charge in [-0.2, -0.15) is 0 Å². The van der Waals surface area contributed by atoms with Gasteiger partial charge in [0.1, 0.15) is 0 Å². The highest BCUT2D eigenvalue weighted by Gasteiger charge is 2.19. The summed E-state index contributed by atoms with van der Waals surface area (Å²) in [6.07, 6.45) is -0.147. The summed E-state index contributed by atoms with van der Waals surface area (Å²) in [5, 5.41) is 0.618. The number of aryl methyl sites for hydroxylation is 1. The molecule has 1 aromatic heterocycles. The fourth-order valence-electron chi connectivity index (χ4n) is 2.53. The SMILES string of the molecule is Cc1cc2nc(Br)sc2c(-c2ccc(Cl)cc2)c1CC(=O)OF. The lowest BCUT2D eigenvalue weighted by Crippen LogP contribution is -2.06. The van der Waals surface area contributed by atoms with Crippen molar-refractivity contribution >= 4 is 55.1 Å². The van der Waals surface area contributed by atoms with Crippen LogP contribution in [0.3, 0.4) is 0 Å². The first kappa shape index (κ1) is 16.4. The lowest BCUT2D eigenvalue weighted by atomic mass is 9.93. The molecule has 0 aliphatic heterocycles. The van der Waals surface area contributed by atoms with Crippen molar-refractivity contribution in [3.8, 4) is 11.1 Å². The maximum Gasteiger partial charge on any atom is 0.353 e. The first-order chi connectivity index (χ1) is 11.0. The molecule has 0 atom stereocenters. The molecular formula is C16H10BrClFNO2S. The molecule has 118 valence electrons. The number of carbonyl (C=O) groups is 1. The van der Waals surface area contributed by atoms with Crippen molar-refractivity contribution in [3.05, 3.63) is 50.4 Å². The van der Waals surface area contributed by atoms with Gasteiger partial charge in [-0.1, -0.05) is 23.7 Å². The minimum absolute atomic E-state index is 0.147. The Kier molecular flexibility index (Phi) is 4.66. The van der Waals surface area contributed by atoms with Crippen molar-refractivity contribution in [1.82, 2.24) is 4.98 Å². The summed E-state index contributed by atoms with van der Waals surface area (Å²) in [7, 11) is 0. The van der Waals surface area contributed by atoms with Gasteiger partial charge in [0.05, 0.1) is 16.6 Å². The Morgan fingerprint density at radius 1 is 1.39 bits per heavy atom. The van der Waals surface area contributed by atoms with E-state index in [4.69, 9.17) is 11.6 Å². The summed E-state index contributed by atoms with van der Waals surface area (Å²) < 4.78 is 13.9. The molecule has 0 fully saturated rings. The molecule has 0 aliphatic rings. The molecule has 0 spiro atoms. The number of hydrogen-bond acceptors (Lipinski definition) is 4. The fraction of sp³-hybridized carbons (Fsp3) is 0.125. The van der Waals surface area contributed by atoms with Crippen LogP contribution >= 0.6 is 38.9 Å². The van der Waals surface area contributed by atoms with Crippen molar-refractivity contribution < 1.29 is 14.3 Å². The number of aromatic nitrogens is 1. The van der Waals surface area contributed by atoms with Gasteiger partial charge in [-0.3, -0.25) is 4.94 Å². The quantitative estimate of drug-likeness (QED) is 0.555. The number of hydrogen-bond donors (Lipinski definition) is 0. The van der Waals surface area contributed by atoms with Crippen LogP contribution in [0.4, 0.5) is 4.53 Å². The second-order valence-electron chi connectivity index (χ2n) is 4.99. The third-order valence-electron chi connectivity index (χ3n) is 3.53. The van der Waals surface area contributed by atoms with Gasteiger partial charge in [0.2, 0.25) is 0 Å². The highest BCUT2D eigenvalue weighted by atomic mass is 79.9. The second kappa shape index (κ2) is 6.55. The third kappa shape index (κ3) is 3.24. The zero-order chi connectivity index (χ0) is 16.6. The van der Waals surface area contributed by atoms with Gasteiger partial charge < -0.3 is 0 Å². The van der Waals surface area contributed by atoms with Crippen molar-refractivity contribution in [2.24, 2.45) is 0 Å². The molecule has 7 heteroatoms. The Labute approximate surface area is 149 Å². The van der Waals surface area contributed by atoms with E-state index in [-0.39, 0.29) is 6.42 Å². The topological polar surface area (TPSA) is 39.2 Å². The van der Waals surface area contributed by atoms with Crippen LogP contribution in [0, 0.1) is 6.92 Å². The number of thiazole rings is 1. The van der Waals surface area contributed by atoms with E-state index in [1.165, 1.54) is 11.3 Å². The normalized spacial score (nSPS) is 11.0. The van der Waals surface area contributed by atoms with E-state index in [1.807, 2.05) is 25.1 Å². The Morgan fingerprint density at radius 3 is 2.74 bits per heavy atom. The van der Waals surface area contributed by atoms with Gasteiger partial charge in [0, 0.05) is 15.1 Å². The van der Waals surface area contributed by atoms with Gasteiger partial charge in [-0.05, 0) is 57.7 Å². The summed E-state index contributed by atoms with van der Waals surface area (Å²) in [6, 6.07) is 9.18. The van der Waals surface area contributed by atoms with Crippen LogP contribution in [0.5, 0.6) is 0 Å². The minimum Gasteiger partial charge on any atom is -0.255 e. The van der Waals surface area contributed by atoms with Crippen LogP contribution in [0.25, 0.3) is 21.3 Å². The van der Waals surface area contributed by atoms with E-state index in [0.29, 0.717) is 5.02 Å². The molecular weight excluding hydrogens is 405 g/mol. The molecule has 3 aromatic rings. The first-order valence-electron chi connectivity index (χ1n) is 6.65. The highest BCUT2D eigenvalue weighted by Crippen LogP contribution is 2.39. The summed E-state index contributed by atoms with van der Waals surface area (Å²) in [5.74, 6) is -0.925. The molecule has 23 heavy (non-hydrogen) atoms. The highest BCUT2D eigenvalue weighted by molar-refractivity contribution is 9.11. The zero-order valence-electron chi connectivity index (χ0n) is 11.9. The molecule has 0 saturated heterocycles. The van der Waals surface area contributed by atoms with Crippen LogP contribution in [0.15, 0.2) is 34.2 Å². The molecule has 2 aromatic carbocycles. The lowest BCUT2D eigenvalue weighted by molar-refractivity contribution is -0.182. The number of fused-ring (bicyclic) bond motifs is 1. The molecule has 1 heterocycles. The van der Waals surface area contributed by atoms with Gasteiger partial charge in [0.15, 0.2) is 3.92 Å². The average Bonchev–Trinajstić information content (AvgIpc) is 2.88. The van der Waals surface area contributed by atoms with Crippen LogP contribution in [-0.4, -0.2) is 11.0 Å².